The zero-order chi connectivity index (χ0) is 12.1. The van der Waals surface area contributed by atoms with Crippen LogP contribution in [-0.4, -0.2) is 28.5 Å². The fourth-order valence-electron chi connectivity index (χ4n) is 1.18. The van der Waals surface area contributed by atoms with Gasteiger partial charge >= 0.3 is 0 Å². The lowest BCUT2D eigenvalue weighted by atomic mass is 10.3. The molecule has 0 aliphatic carbocycles. The highest BCUT2D eigenvalue weighted by molar-refractivity contribution is 5.81. The Morgan fingerprint density at radius 2 is 2.19 bits per heavy atom. The summed E-state index contributed by atoms with van der Waals surface area (Å²) < 4.78 is 0. The Balaban J connectivity index is 2.55. The molecular weight excluding hydrogens is 206 g/mol. The van der Waals surface area contributed by atoms with Crippen molar-refractivity contribution in [1.82, 2.24) is 15.3 Å². The molecule has 0 aromatic carbocycles. The van der Waals surface area contributed by atoms with Crippen LogP contribution in [0.25, 0.3) is 0 Å². The largest absolute Gasteiger partial charge is 0.383 e. The SMILES string of the molecule is Cc1c(N)ncnc1NCC(=O)NC(C)C. The van der Waals surface area contributed by atoms with E-state index in [1.54, 1.807) is 6.92 Å². The molecule has 0 aliphatic heterocycles. The fourth-order valence-corrected chi connectivity index (χ4v) is 1.18. The van der Waals surface area contributed by atoms with Gasteiger partial charge in [-0.3, -0.25) is 4.79 Å². The van der Waals surface area contributed by atoms with Crippen LogP contribution in [0.4, 0.5) is 11.6 Å². The van der Waals surface area contributed by atoms with E-state index >= 15 is 0 Å². The van der Waals surface area contributed by atoms with Gasteiger partial charge in [-0.2, -0.15) is 0 Å². The van der Waals surface area contributed by atoms with E-state index in [4.69, 9.17) is 5.73 Å². The Morgan fingerprint density at radius 3 is 2.81 bits per heavy atom. The molecule has 1 amide bonds. The first-order valence-corrected chi connectivity index (χ1v) is 5.11. The molecule has 0 saturated carbocycles. The van der Waals surface area contributed by atoms with Gasteiger partial charge in [0.25, 0.3) is 0 Å². The molecule has 6 heteroatoms. The summed E-state index contributed by atoms with van der Waals surface area (Å²) in [6.45, 7) is 5.80. The first-order chi connectivity index (χ1) is 7.50. The number of nitrogen functional groups attached to an aromatic ring is 1. The number of nitrogens with one attached hydrogen (secondary N) is 2. The normalized spacial score (nSPS) is 10.2. The van der Waals surface area contributed by atoms with Crippen molar-refractivity contribution >= 4 is 17.5 Å². The summed E-state index contributed by atoms with van der Waals surface area (Å²) in [4.78, 5) is 19.2. The number of anilines is 2. The molecule has 1 heterocycles. The van der Waals surface area contributed by atoms with Gasteiger partial charge in [0.15, 0.2) is 0 Å². The summed E-state index contributed by atoms with van der Waals surface area (Å²) in [7, 11) is 0. The number of aromatic nitrogens is 2. The maximum atomic E-state index is 11.4. The van der Waals surface area contributed by atoms with Crippen LogP contribution in [-0.2, 0) is 4.79 Å². The Hall–Kier alpha value is -1.85. The standard InChI is InChI=1S/C10H17N5O/c1-6(2)15-8(16)4-12-10-7(3)9(11)13-5-14-10/h5-6H,4H2,1-3H3,(H,15,16)(H3,11,12,13,14). The number of carbonyl (C=O) groups is 1. The minimum Gasteiger partial charge on any atom is -0.383 e. The van der Waals surface area contributed by atoms with Gasteiger partial charge in [0.05, 0.1) is 6.54 Å². The molecule has 1 rings (SSSR count). The van der Waals surface area contributed by atoms with Crippen molar-refractivity contribution in [1.29, 1.82) is 0 Å². The van der Waals surface area contributed by atoms with Gasteiger partial charge < -0.3 is 16.4 Å². The van der Waals surface area contributed by atoms with Gasteiger partial charge in [-0.05, 0) is 20.8 Å². The Bertz CT molecular complexity index is 377. The van der Waals surface area contributed by atoms with Crippen LogP contribution >= 0.6 is 0 Å². The highest BCUT2D eigenvalue weighted by atomic mass is 16.1. The molecule has 1 aromatic heterocycles. The molecule has 16 heavy (non-hydrogen) atoms. The molecule has 0 spiro atoms. The number of hydrogen-bond acceptors (Lipinski definition) is 5. The van der Waals surface area contributed by atoms with Gasteiger partial charge in [-0.25, -0.2) is 9.97 Å². The molecule has 1 aromatic rings. The molecule has 0 radical (unpaired) electrons. The van der Waals surface area contributed by atoms with E-state index in [2.05, 4.69) is 20.6 Å². The van der Waals surface area contributed by atoms with Crippen molar-refractivity contribution in [2.75, 3.05) is 17.6 Å². The number of amides is 1. The summed E-state index contributed by atoms with van der Waals surface area (Å²) in [5.41, 5.74) is 6.37. The topological polar surface area (TPSA) is 92.9 Å². The highest BCUT2D eigenvalue weighted by Crippen LogP contribution is 2.14. The first kappa shape index (κ1) is 12.2. The lowest BCUT2D eigenvalue weighted by Gasteiger charge is -2.11. The lowest BCUT2D eigenvalue weighted by Crippen LogP contribution is -2.35. The average Bonchev–Trinajstić information content (AvgIpc) is 2.19. The van der Waals surface area contributed by atoms with Crippen molar-refractivity contribution < 1.29 is 4.79 Å². The van der Waals surface area contributed by atoms with Crippen molar-refractivity contribution in [3.8, 4) is 0 Å². The van der Waals surface area contributed by atoms with Gasteiger partial charge in [0.2, 0.25) is 5.91 Å². The number of nitrogens with two attached hydrogens (primary N) is 1. The molecule has 0 atom stereocenters. The first-order valence-electron chi connectivity index (χ1n) is 5.11. The highest BCUT2D eigenvalue weighted by Gasteiger charge is 2.06. The Kier molecular flexibility index (Phi) is 4.04. The quantitative estimate of drug-likeness (QED) is 0.683. The minimum atomic E-state index is -0.0772. The molecule has 0 unspecified atom stereocenters. The van der Waals surface area contributed by atoms with Crippen LogP contribution in [0.2, 0.25) is 0 Å². The van der Waals surface area contributed by atoms with E-state index in [1.165, 1.54) is 6.33 Å². The van der Waals surface area contributed by atoms with Crippen molar-refractivity contribution in [3.63, 3.8) is 0 Å². The summed E-state index contributed by atoms with van der Waals surface area (Å²) in [5, 5.41) is 5.69. The zero-order valence-electron chi connectivity index (χ0n) is 9.74. The van der Waals surface area contributed by atoms with E-state index in [-0.39, 0.29) is 18.5 Å². The van der Waals surface area contributed by atoms with Gasteiger partial charge in [-0.1, -0.05) is 0 Å². The number of hydrogen-bond donors (Lipinski definition) is 3. The van der Waals surface area contributed by atoms with Crippen molar-refractivity contribution in [2.24, 2.45) is 0 Å². The molecule has 0 aliphatic rings. The maximum Gasteiger partial charge on any atom is 0.239 e. The second-order valence-corrected chi connectivity index (χ2v) is 3.81. The van der Waals surface area contributed by atoms with Crippen LogP contribution in [0.5, 0.6) is 0 Å². The molecule has 88 valence electrons. The summed E-state index contributed by atoms with van der Waals surface area (Å²) in [6.07, 6.45) is 1.37. The third-order valence-corrected chi connectivity index (χ3v) is 1.99. The fraction of sp³-hybridized carbons (Fsp3) is 0.500. The summed E-state index contributed by atoms with van der Waals surface area (Å²) in [5.74, 6) is 0.930. The average molecular weight is 223 g/mol. The van der Waals surface area contributed by atoms with E-state index < -0.39 is 0 Å². The Morgan fingerprint density at radius 1 is 1.50 bits per heavy atom. The summed E-state index contributed by atoms with van der Waals surface area (Å²) in [6, 6.07) is 0.130. The van der Waals surface area contributed by atoms with Crippen molar-refractivity contribution in [3.05, 3.63) is 11.9 Å². The van der Waals surface area contributed by atoms with Gasteiger partial charge in [0.1, 0.15) is 18.0 Å². The Labute approximate surface area is 94.7 Å². The predicted molar refractivity (Wildman–Crippen MR) is 62.9 cm³/mol. The summed E-state index contributed by atoms with van der Waals surface area (Å²) >= 11 is 0. The van der Waals surface area contributed by atoms with Crippen LogP contribution in [0.1, 0.15) is 19.4 Å². The molecular formula is C10H17N5O. The molecule has 4 N–H and O–H groups in total. The minimum absolute atomic E-state index is 0.0772. The van der Waals surface area contributed by atoms with E-state index in [9.17, 15) is 4.79 Å². The number of carbonyl (C=O) groups excluding carboxylic acids is 1. The molecule has 0 saturated heterocycles. The van der Waals surface area contributed by atoms with Crippen molar-refractivity contribution in [2.45, 2.75) is 26.8 Å². The predicted octanol–water partition coefficient (Wildman–Crippen LogP) is 0.304. The van der Waals surface area contributed by atoms with Crippen LogP contribution in [0, 0.1) is 6.92 Å². The van der Waals surface area contributed by atoms with Crippen LogP contribution in [0.15, 0.2) is 6.33 Å². The van der Waals surface area contributed by atoms with Gasteiger partial charge in [0, 0.05) is 11.6 Å². The third kappa shape index (κ3) is 3.38. The molecule has 0 fully saturated rings. The van der Waals surface area contributed by atoms with Crippen LogP contribution in [0.3, 0.4) is 0 Å². The molecule has 0 bridgehead atoms. The van der Waals surface area contributed by atoms with Crippen LogP contribution < -0.4 is 16.4 Å². The van der Waals surface area contributed by atoms with E-state index in [1.807, 2.05) is 13.8 Å². The third-order valence-electron chi connectivity index (χ3n) is 1.99. The monoisotopic (exact) mass is 223 g/mol. The maximum absolute atomic E-state index is 11.4. The number of rotatable bonds is 4. The molecule has 6 nitrogen and oxygen atoms in total. The smallest absolute Gasteiger partial charge is 0.239 e. The second kappa shape index (κ2) is 5.29. The zero-order valence-corrected chi connectivity index (χ0v) is 9.74. The second-order valence-electron chi connectivity index (χ2n) is 3.81. The number of nitrogens with zero attached hydrogens (tertiary/aromatic N) is 2. The van der Waals surface area contributed by atoms with Gasteiger partial charge in [-0.15, -0.1) is 0 Å². The lowest BCUT2D eigenvalue weighted by molar-refractivity contribution is -0.119. The van der Waals surface area contributed by atoms with E-state index in [0.717, 1.165) is 5.56 Å². The van der Waals surface area contributed by atoms with E-state index in [0.29, 0.717) is 11.6 Å².